The van der Waals surface area contributed by atoms with Crippen molar-refractivity contribution in [2.45, 2.75) is 37.3 Å². The van der Waals surface area contributed by atoms with Crippen molar-refractivity contribution < 1.29 is 14.3 Å². The predicted octanol–water partition coefficient (Wildman–Crippen LogP) is 1.67. The Labute approximate surface area is 124 Å². The average molecular weight is 303 g/mol. The van der Waals surface area contributed by atoms with Crippen LogP contribution in [0.1, 0.15) is 37.4 Å². The van der Waals surface area contributed by atoms with E-state index in [-0.39, 0.29) is 30.4 Å². The lowest BCUT2D eigenvalue weighted by Gasteiger charge is -2.23. The highest BCUT2D eigenvalue weighted by Gasteiger charge is 2.36. The third-order valence-corrected chi connectivity index (χ3v) is 3.67. The van der Waals surface area contributed by atoms with E-state index in [1.807, 2.05) is 0 Å². The van der Waals surface area contributed by atoms with Gasteiger partial charge in [-0.05, 0) is 18.9 Å². The van der Waals surface area contributed by atoms with Crippen molar-refractivity contribution in [3.05, 3.63) is 35.6 Å². The maximum absolute atomic E-state index is 13.4. The average Bonchev–Trinajstić information content (AvgIpc) is 2.84. The molecule has 1 unspecified atom stereocenters. The molecule has 4 N–H and O–H groups in total. The lowest BCUT2D eigenvalue weighted by molar-refractivity contribution is -0.126. The standard InChI is InChI=1S/C14H19FN2O2.ClH/c15-11-6-2-1-5-10(11)12(18)9-17-13(19)14(16)7-3-4-8-14;/h1-2,5-6,12,18H,3-4,7-9,16H2,(H,17,19);1H. The second-order valence-electron chi connectivity index (χ2n) is 5.11. The predicted molar refractivity (Wildman–Crippen MR) is 77.0 cm³/mol. The van der Waals surface area contributed by atoms with E-state index in [9.17, 15) is 14.3 Å². The number of halogens is 2. The van der Waals surface area contributed by atoms with Gasteiger partial charge < -0.3 is 16.2 Å². The second-order valence-corrected chi connectivity index (χ2v) is 5.11. The number of nitrogens with two attached hydrogens (primary N) is 1. The number of amides is 1. The Morgan fingerprint density at radius 3 is 2.60 bits per heavy atom. The number of aliphatic hydroxyl groups excluding tert-OH is 1. The van der Waals surface area contributed by atoms with E-state index in [4.69, 9.17) is 5.73 Å². The van der Waals surface area contributed by atoms with Gasteiger partial charge in [0.2, 0.25) is 5.91 Å². The molecule has 1 aliphatic rings. The summed E-state index contributed by atoms with van der Waals surface area (Å²) < 4.78 is 13.4. The van der Waals surface area contributed by atoms with Crippen molar-refractivity contribution in [3.63, 3.8) is 0 Å². The summed E-state index contributed by atoms with van der Waals surface area (Å²) in [4.78, 5) is 11.9. The molecule has 6 heteroatoms. The van der Waals surface area contributed by atoms with Crippen LogP contribution in [0.5, 0.6) is 0 Å². The molecule has 0 spiro atoms. The van der Waals surface area contributed by atoms with Crippen LogP contribution in [0, 0.1) is 5.82 Å². The molecule has 1 aromatic rings. The van der Waals surface area contributed by atoms with Crippen LogP contribution >= 0.6 is 12.4 Å². The highest BCUT2D eigenvalue weighted by Crippen LogP contribution is 2.27. The Balaban J connectivity index is 0.00000200. The summed E-state index contributed by atoms with van der Waals surface area (Å²) in [5.74, 6) is -0.743. The molecule has 0 saturated heterocycles. The highest BCUT2D eigenvalue weighted by atomic mass is 35.5. The third kappa shape index (κ3) is 3.69. The van der Waals surface area contributed by atoms with Crippen LogP contribution in [0.25, 0.3) is 0 Å². The molecule has 20 heavy (non-hydrogen) atoms. The normalized spacial score (nSPS) is 18.1. The number of hydrogen-bond acceptors (Lipinski definition) is 3. The molecule has 1 saturated carbocycles. The van der Waals surface area contributed by atoms with Crippen molar-refractivity contribution in [1.82, 2.24) is 5.32 Å². The van der Waals surface area contributed by atoms with Gasteiger partial charge >= 0.3 is 0 Å². The molecule has 1 atom stereocenters. The number of hydrogen-bond donors (Lipinski definition) is 3. The number of carbonyl (C=O) groups excluding carboxylic acids is 1. The molecule has 112 valence electrons. The van der Waals surface area contributed by atoms with E-state index >= 15 is 0 Å². The lowest BCUT2D eigenvalue weighted by Crippen LogP contribution is -2.52. The molecule has 0 heterocycles. The van der Waals surface area contributed by atoms with Gasteiger partial charge in [-0.1, -0.05) is 31.0 Å². The van der Waals surface area contributed by atoms with Crippen LogP contribution in [-0.4, -0.2) is 23.1 Å². The molecule has 0 aromatic heterocycles. The Morgan fingerprint density at radius 2 is 2.00 bits per heavy atom. The molecule has 4 nitrogen and oxygen atoms in total. The van der Waals surface area contributed by atoms with Crippen LogP contribution in [0.4, 0.5) is 4.39 Å². The van der Waals surface area contributed by atoms with E-state index in [0.29, 0.717) is 12.8 Å². The maximum Gasteiger partial charge on any atom is 0.240 e. The van der Waals surface area contributed by atoms with Gasteiger partial charge in [-0.2, -0.15) is 0 Å². The first-order valence-corrected chi connectivity index (χ1v) is 6.52. The fourth-order valence-corrected chi connectivity index (χ4v) is 2.45. The minimum atomic E-state index is -1.06. The zero-order valence-electron chi connectivity index (χ0n) is 11.1. The van der Waals surface area contributed by atoms with Crippen molar-refractivity contribution in [1.29, 1.82) is 0 Å². The van der Waals surface area contributed by atoms with Gasteiger partial charge in [0.25, 0.3) is 0 Å². The monoisotopic (exact) mass is 302 g/mol. The Bertz CT molecular complexity index is 464. The van der Waals surface area contributed by atoms with Gasteiger partial charge in [-0.25, -0.2) is 4.39 Å². The van der Waals surface area contributed by atoms with Crippen molar-refractivity contribution >= 4 is 18.3 Å². The zero-order valence-corrected chi connectivity index (χ0v) is 12.0. The van der Waals surface area contributed by atoms with E-state index in [1.54, 1.807) is 12.1 Å². The SMILES string of the molecule is Cl.NC1(C(=O)NCC(O)c2ccccc2F)CCCC1. The summed E-state index contributed by atoms with van der Waals surface area (Å²) >= 11 is 0. The van der Waals surface area contributed by atoms with Crippen LogP contribution in [0.2, 0.25) is 0 Å². The minimum Gasteiger partial charge on any atom is -0.386 e. The quantitative estimate of drug-likeness (QED) is 0.792. The maximum atomic E-state index is 13.4. The van der Waals surface area contributed by atoms with Crippen LogP contribution in [0.15, 0.2) is 24.3 Å². The highest BCUT2D eigenvalue weighted by molar-refractivity contribution is 5.86. The van der Waals surface area contributed by atoms with Crippen LogP contribution < -0.4 is 11.1 Å². The Morgan fingerprint density at radius 1 is 1.40 bits per heavy atom. The second kappa shape index (κ2) is 7.02. The number of rotatable bonds is 4. The molecular weight excluding hydrogens is 283 g/mol. The summed E-state index contributed by atoms with van der Waals surface area (Å²) in [7, 11) is 0. The molecule has 1 amide bonds. The first-order chi connectivity index (χ1) is 9.03. The fraction of sp³-hybridized carbons (Fsp3) is 0.500. The Kier molecular flexibility index (Phi) is 5.92. The molecule has 1 fully saturated rings. The molecular formula is C14H20ClFN2O2. The van der Waals surface area contributed by atoms with Gasteiger partial charge in [0.15, 0.2) is 0 Å². The molecule has 1 aliphatic carbocycles. The summed E-state index contributed by atoms with van der Waals surface area (Å²) in [6, 6.07) is 5.98. The van der Waals surface area contributed by atoms with Crippen molar-refractivity contribution in [2.75, 3.05) is 6.54 Å². The van der Waals surface area contributed by atoms with E-state index in [0.717, 1.165) is 12.8 Å². The summed E-state index contributed by atoms with van der Waals surface area (Å²) in [6.45, 7) is -0.0291. The topological polar surface area (TPSA) is 75.4 Å². The smallest absolute Gasteiger partial charge is 0.240 e. The largest absolute Gasteiger partial charge is 0.386 e. The molecule has 0 bridgehead atoms. The zero-order chi connectivity index (χ0) is 13.9. The molecule has 0 aliphatic heterocycles. The lowest BCUT2D eigenvalue weighted by atomic mass is 9.98. The Hall–Kier alpha value is -1.17. The van der Waals surface area contributed by atoms with Gasteiger partial charge in [-0.15, -0.1) is 12.4 Å². The number of aliphatic hydroxyl groups is 1. The van der Waals surface area contributed by atoms with E-state index in [1.165, 1.54) is 12.1 Å². The summed E-state index contributed by atoms with van der Waals surface area (Å²) in [6.07, 6.45) is 2.15. The number of benzene rings is 1. The van der Waals surface area contributed by atoms with Gasteiger partial charge in [-0.3, -0.25) is 4.79 Å². The van der Waals surface area contributed by atoms with Crippen molar-refractivity contribution in [3.8, 4) is 0 Å². The molecule has 1 aromatic carbocycles. The first-order valence-electron chi connectivity index (χ1n) is 6.52. The van der Waals surface area contributed by atoms with Gasteiger partial charge in [0.05, 0.1) is 11.6 Å². The number of nitrogens with one attached hydrogen (secondary N) is 1. The van der Waals surface area contributed by atoms with Crippen LogP contribution in [0.3, 0.4) is 0 Å². The minimum absolute atomic E-state index is 0. The summed E-state index contributed by atoms with van der Waals surface area (Å²) in [5.41, 5.74) is 5.35. The van der Waals surface area contributed by atoms with Gasteiger partial charge in [0.1, 0.15) is 5.82 Å². The third-order valence-electron chi connectivity index (χ3n) is 3.67. The van der Waals surface area contributed by atoms with Gasteiger partial charge in [0, 0.05) is 12.1 Å². The number of carbonyl (C=O) groups is 1. The fourth-order valence-electron chi connectivity index (χ4n) is 2.45. The van der Waals surface area contributed by atoms with E-state index < -0.39 is 17.5 Å². The van der Waals surface area contributed by atoms with Crippen LogP contribution in [-0.2, 0) is 4.79 Å². The first kappa shape index (κ1) is 16.9. The molecule has 2 rings (SSSR count). The molecule has 0 radical (unpaired) electrons. The van der Waals surface area contributed by atoms with Crippen molar-refractivity contribution in [2.24, 2.45) is 5.73 Å². The summed E-state index contributed by atoms with van der Waals surface area (Å²) in [5, 5.41) is 12.5. The van der Waals surface area contributed by atoms with E-state index in [2.05, 4.69) is 5.32 Å².